The number of thiophene rings is 1. The molecule has 9 aromatic rings. The number of para-hydroxylation sites is 1. The lowest BCUT2D eigenvalue weighted by molar-refractivity contribution is 0.955. The molecule has 0 radical (unpaired) electrons. The molecule has 0 aliphatic carbocycles. The van der Waals surface area contributed by atoms with E-state index in [9.17, 15) is 0 Å². The predicted molar refractivity (Wildman–Crippen MR) is 175 cm³/mol. The molecule has 0 saturated heterocycles. The number of hydrogen-bond donors (Lipinski definition) is 0. The summed E-state index contributed by atoms with van der Waals surface area (Å²) in [5, 5.41) is 7.35. The number of rotatable bonds is 3. The van der Waals surface area contributed by atoms with Crippen molar-refractivity contribution in [3.63, 3.8) is 0 Å². The maximum Gasteiger partial charge on any atom is 0.238 e. The van der Waals surface area contributed by atoms with E-state index < -0.39 is 0 Å². The highest BCUT2D eigenvalue weighted by atomic mass is 32.1. The summed E-state index contributed by atoms with van der Waals surface area (Å²) in [6, 6.07) is 46.6. The average molecular weight is 555 g/mol. The Balaban J connectivity index is 1.45. The van der Waals surface area contributed by atoms with Crippen molar-refractivity contribution in [2.24, 2.45) is 0 Å². The van der Waals surface area contributed by atoms with E-state index in [0.717, 1.165) is 22.2 Å². The molecule has 0 bridgehead atoms. The Morgan fingerprint density at radius 3 is 1.81 bits per heavy atom. The molecule has 4 nitrogen and oxygen atoms in total. The molecule has 0 fully saturated rings. The first kappa shape index (κ1) is 23.3. The van der Waals surface area contributed by atoms with Crippen molar-refractivity contribution in [1.29, 1.82) is 0 Å². The zero-order valence-corrected chi connectivity index (χ0v) is 23.2. The van der Waals surface area contributed by atoms with Gasteiger partial charge < -0.3 is 0 Å². The van der Waals surface area contributed by atoms with E-state index in [0.29, 0.717) is 17.6 Å². The van der Waals surface area contributed by atoms with Crippen LogP contribution in [-0.2, 0) is 0 Å². The summed E-state index contributed by atoms with van der Waals surface area (Å²) in [5.74, 6) is 1.92. The van der Waals surface area contributed by atoms with Crippen molar-refractivity contribution in [2.45, 2.75) is 0 Å². The number of benzene rings is 6. The molecule has 0 N–H and O–H groups in total. The van der Waals surface area contributed by atoms with E-state index in [-0.39, 0.29) is 0 Å². The zero-order valence-electron chi connectivity index (χ0n) is 22.4. The molecule has 42 heavy (non-hydrogen) atoms. The van der Waals surface area contributed by atoms with Crippen molar-refractivity contribution < 1.29 is 0 Å². The standard InChI is InChI=1S/C37H22N4S/c1-3-11-23(12-4-1)35-38-36(24-13-5-2-6-14-24)40-37(39-35)41-30-18-10-9-17-27(30)28-19-20-31-33(34(28)41)29-21-25-15-7-8-16-26(25)22-32(29)42-31/h1-22H. The topological polar surface area (TPSA) is 43.6 Å². The highest BCUT2D eigenvalue weighted by Gasteiger charge is 2.21. The Hall–Kier alpha value is -5.39. The van der Waals surface area contributed by atoms with Crippen LogP contribution in [0.15, 0.2) is 133 Å². The van der Waals surface area contributed by atoms with Gasteiger partial charge in [0.2, 0.25) is 5.95 Å². The van der Waals surface area contributed by atoms with E-state index in [1.807, 2.05) is 47.7 Å². The van der Waals surface area contributed by atoms with Gasteiger partial charge in [-0.3, -0.25) is 4.57 Å². The molecule has 9 rings (SSSR count). The second-order valence-corrected chi connectivity index (χ2v) is 11.6. The summed E-state index contributed by atoms with van der Waals surface area (Å²) < 4.78 is 4.77. The summed E-state index contributed by atoms with van der Waals surface area (Å²) in [6.45, 7) is 0. The number of fused-ring (bicyclic) bond motifs is 8. The van der Waals surface area contributed by atoms with Gasteiger partial charge in [0.25, 0.3) is 0 Å². The molecule has 196 valence electrons. The van der Waals surface area contributed by atoms with Gasteiger partial charge in [0.15, 0.2) is 11.6 Å². The average Bonchev–Trinajstić information content (AvgIpc) is 3.59. The van der Waals surface area contributed by atoms with Gasteiger partial charge in [-0.15, -0.1) is 11.3 Å². The first-order valence-corrected chi connectivity index (χ1v) is 14.8. The minimum absolute atomic E-state index is 0.613. The molecule has 0 saturated carbocycles. The first-order valence-electron chi connectivity index (χ1n) is 14.0. The molecule has 0 atom stereocenters. The lowest BCUT2D eigenvalue weighted by Crippen LogP contribution is -2.06. The molecule has 5 heteroatoms. The molecule has 3 heterocycles. The van der Waals surface area contributed by atoms with Crippen molar-refractivity contribution >= 4 is 64.1 Å². The Bertz CT molecular complexity index is 2400. The normalized spacial score (nSPS) is 11.8. The van der Waals surface area contributed by atoms with Crippen LogP contribution in [0.4, 0.5) is 0 Å². The van der Waals surface area contributed by atoms with Gasteiger partial charge in [0.05, 0.1) is 11.0 Å². The molecule has 0 amide bonds. The van der Waals surface area contributed by atoms with Gasteiger partial charge in [0.1, 0.15) is 0 Å². The van der Waals surface area contributed by atoms with E-state index >= 15 is 0 Å². The molecule has 0 aliphatic heterocycles. The van der Waals surface area contributed by atoms with Gasteiger partial charge in [-0.05, 0) is 35.0 Å². The third-order valence-electron chi connectivity index (χ3n) is 8.02. The van der Waals surface area contributed by atoms with Crippen LogP contribution in [0.2, 0.25) is 0 Å². The summed E-state index contributed by atoms with van der Waals surface area (Å²) >= 11 is 1.84. The summed E-state index contributed by atoms with van der Waals surface area (Å²) in [7, 11) is 0. The van der Waals surface area contributed by atoms with Gasteiger partial charge >= 0.3 is 0 Å². The maximum absolute atomic E-state index is 5.14. The molecule has 0 aliphatic rings. The third-order valence-corrected chi connectivity index (χ3v) is 9.14. The van der Waals surface area contributed by atoms with Crippen molar-refractivity contribution in [1.82, 2.24) is 19.5 Å². The highest BCUT2D eigenvalue weighted by Crippen LogP contribution is 2.44. The zero-order chi connectivity index (χ0) is 27.6. The second-order valence-electron chi connectivity index (χ2n) is 10.5. The van der Waals surface area contributed by atoms with Crippen LogP contribution in [0.5, 0.6) is 0 Å². The fraction of sp³-hybridized carbons (Fsp3) is 0. The molecule has 6 aromatic carbocycles. The van der Waals surface area contributed by atoms with Crippen molar-refractivity contribution in [3.8, 4) is 28.7 Å². The van der Waals surface area contributed by atoms with Crippen LogP contribution in [0, 0.1) is 0 Å². The summed E-state index contributed by atoms with van der Waals surface area (Å²) in [5.41, 5.74) is 4.11. The fourth-order valence-electron chi connectivity index (χ4n) is 6.11. The van der Waals surface area contributed by atoms with Crippen LogP contribution in [-0.4, -0.2) is 19.5 Å². The smallest absolute Gasteiger partial charge is 0.238 e. The number of nitrogens with zero attached hydrogens (tertiary/aromatic N) is 4. The van der Waals surface area contributed by atoms with Crippen molar-refractivity contribution in [2.75, 3.05) is 0 Å². The quantitative estimate of drug-likeness (QED) is 0.218. The minimum Gasteiger partial charge on any atom is -0.277 e. The van der Waals surface area contributed by atoms with Gasteiger partial charge in [-0.25, -0.2) is 4.98 Å². The molecule has 0 unspecified atom stereocenters. The Morgan fingerprint density at radius 2 is 1.10 bits per heavy atom. The van der Waals surface area contributed by atoms with Gasteiger partial charge in [-0.2, -0.15) is 9.97 Å². The van der Waals surface area contributed by atoms with Crippen LogP contribution >= 0.6 is 11.3 Å². The van der Waals surface area contributed by atoms with Crippen molar-refractivity contribution in [3.05, 3.63) is 133 Å². The predicted octanol–water partition coefficient (Wildman–Crippen LogP) is 9.82. The Labute approximate surface area is 245 Å². The Kier molecular flexibility index (Phi) is 5.03. The van der Waals surface area contributed by atoms with Crippen LogP contribution < -0.4 is 0 Å². The van der Waals surface area contributed by atoms with E-state index in [4.69, 9.17) is 15.0 Å². The molecule has 0 spiro atoms. The molecular weight excluding hydrogens is 533 g/mol. The summed E-state index contributed by atoms with van der Waals surface area (Å²) in [6.07, 6.45) is 0. The molecular formula is C37H22N4S. The SMILES string of the molecule is c1ccc(-c2nc(-c3ccccc3)nc(-n3c4ccccc4c4ccc5sc6cc7ccccc7cc6c5c43)n2)cc1. The van der Waals surface area contributed by atoms with Gasteiger partial charge in [-0.1, -0.05) is 109 Å². The van der Waals surface area contributed by atoms with Crippen LogP contribution in [0.1, 0.15) is 0 Å². The monoisotopic (exact) mass is 554 g/mol. The molecule has 3 aromatic heterocycles. The minimum atomic E-state index is 0.613. The van der Waals surface area contributed by atoms with Gasteiger partial charge in [0, 0.05) is 42.1 Å². The Morgan fingerprint density at radius 1 is 0.476 bits per heavy atom. The van der Waals surface area contributed by atoms with E-state index in [2.05, 4.69) is 102 Å². The lowest BCUT2D eigenvalue weighted by Gasteiger charge is -2.11. The summed E-state index contributed by atoms with van der Waals surface area (Å²) in [4.78, 5) is 15.2. The number of hydrogen-bond acceptors (Lipinski definition) is 4. The van der Waals surface area contributed by atoms with Crippen LogP contribution in [0.3, 0.4) is 0 Å². The maximum atomic E-state index is 5.14. The van der Waals surface area contributed by atoms with E-state index in [1.54, 1.807) is 0 Å². The van der Waals surface area contributed by atoms with Crippen LogP contribution in [0.25, 0.3) is 81.5 Å². The first-order chi connectivity index (χ1) is 20.8. The van der Waals surface area contributed by atoms with E-state index in [1.165, 1.54) is 41.7 Å². The second kappa shape index (κ2) is 9.06. The fourth-order valence-corrected chi connectivity index (χ4v) is 7.25. The largest absolute Gasteiger partial charge is 0.277 e. The highest BCUT2D eigenvalue weighted by molar-refractivity contribution is 7.26. The lowest BCUT2D eigenvalue weighted by atomic mass is 10.0. The number of aromatic nitrogens is 4. The third kappa shape index (κ3) is 3.51.